The lowest BCUT2D eigenvalue weighted by Crippen LogP contribution is -2.38. The van der Waals surface area contributed by atoms with Gasteiger partial charge in [0, 0.05) is 12.5 Å². The summed E-state index contributed by atoms with van der Waals surface area (Å²) < 4.78 is 0. The molecule has 5 nitrogen and oxygen atoms in total. The Balaban J connectivity index is 1.93. The zero-order valence-electron chi connectivity index (χ0n) is 9.67. The van der Waals surface area contributed by atoms with E-state index in [9.17, 15) is 9.59 Å². The Morgan fingerprint density at radius 2 is 1.78 bits per heavy atom. The van der Waals surface area contributed by atoms with Crippen molar-refractivity contribution in [3.8, 4) is 0 Å². The number of oxime groups is 1. The minimum Gasteiger partial charge on any atom is -0.411 e. The number of imide groups is 1. The van der Waals surface area contributed by atoms with Crippen molar-refractivity contribution in [2.45, 2.75) is 25.3 Å². The van der Waals surface area contributed by atoms with Crippen molar-refractivity contribution in [1.82, 2.24) is 4.90 Å². The SMILES string of the molecule is O=C1c2ccccc2C(=O)N1[C@H]1CC/C(=N\O)C1. The average Bonchev–Trinajstić information content (AvgIpc) is 2.95. The first-order chi connectivity index (χ1) is 8.72. The molecule has 0 radical (unpaired) electrons. The summed E-state index contributed by atoms with van der Waals surface area (Å²) in [4.78, 5) is 25.7. The molecule has 2 aliphatic rings. The molecule has 1 aromatic carbocycles. The van der Waals surface area contributed by atoms with Crippen LogP contribution in [0.4, 0.5) is 0 Å². The topological polar surface area (TPSA) is 70.0 Å². The quantitative estimate of drug-likeness (QED) is 0.464. The number of amides is 2. The van der Waals surface area contributed by atoms with Crippen molar-refractivity contribution in [2.24, 2.45) is 5.16 Å². The predicted molar refractivity (Wildman–Crippen MR) is 63.8 cm³/mol. The van der Waals surface area contributed by atoms with Crippen LogP contribution in [0.1, 0.15) is 40.0 Å². The molecule has 5 heteroatoms. The highest BCUT2D eigenvalue weighted by molar-refractivity contribution is 6.21. The van der Waals surface area contributed by atoms with Gasteiger partial charge in [0.25, 0.3) is 11.8 Å². The first kappa shape index (κ1) is 11.0. The molecule has 92 valence electrons. The number of carbonyl (C=O) groups excluding carboxylic acids is 2. The molecule has 1 atom stereocenters. The van der Waals surface area contributed by atoms with Crippen LogP contribution in [0, 0.1) is 0 Å². The molecule has 1 fully saturated rings. The Morgan fingerprint density at radius 3 is 2.28 bits per heavy atom. The fourth-order valence-corrected chi connectivity index (χ4v) is 2.66. The van der Waals surface area contributed by atoms with Crippen LogP contribution in [0.15, 0.2) is 29.4 Å². The van der Waals surface area contributed by atoms with Gasteiger partial charge in [0.05, 0.1) is 16.8 Å². The molecule has 18 heavy (non-hydrogen) atoms. The summed E-state index contributed by atoms with van der Waals surface area (Å²) in [6, 6.07) is 6.67. The number of benzene rings is 1. The fourth-order valence-electron chi connectivity index (χ4n) is 2.66. The molecule has 1 N–H and O–H groups in total. The first-order valence-corrected chi connectivity index (χ1v) is 5.89. The lowest BCUT2D eigenvalue weighted by molar-refractivity contribution is 0.0591. The van der Waals surface area contributed by atoms with Crippen molar-refractivity contribution in [3.63, 3.8) is 0 Å². The van der Waals surface area contributed by atoms with E-state index in [0.717, 1.165) is 0 Å². The van der Waals surface area contributed by atoms with Gasteiger partial charge < -0.3 is 5.21 Å². The van der Waals surface area contributed by atoms with E-state index in [1.54, 1.807) is 24.3 Å². The van der Waals surface area contributed by atoms with Crippen LogP contribution in [0.25, 0.3) is 0 Å². The molecule has 0 aromatic heterocycles. The minimum atomic E-state index is -0.236. The number of nitrogens with zero attached hydrogens (tertiary/aromatic N) is 2. The lowest BCUT2D eigenvalue weighted by Gasteiger charge is -2.20. The Bertz CT molecular complexity index is 530. The monoisotopic (exact) mass is 244 g/mol. The maximum absolute atomic E-state index is 12.2. The summed E-state index contributed by atoms with van der Waals surface area (Å²) in [5, 5.41) is 11.9. The molecule has 1 aliphatic carbocycles. The molecule has 0 bridgehead atoms. The number of fused-ring (bicyclic) bond motifs is 1. The van der Waals surface area contributed by atoms with Crippen LogP contribution in [0.3, 0.4) is 0 Å². The molecule has 1 heterocycles. The van der Waals surface area contributed by atoms with Gasteiger partial charge in [-0.1, -0.05) is 17.3 Å². The van der Waals surface area contributed by atoms with Crippen molar-refractivity contribution in [1.29, 1.82) is 0 Å². The average molecular weight is 244 g/mol. The molecule has 0 spiro atoms. The normalized spacial score (nSPS) is 25.0. The van der Waals surface area contributed by atoms with Gasteiger partial charge in [-0.3, -0.25) is 14.5 Å². The smallest absolute Gasteiger partial charge is 0.261 e. The first-order valence-electron chi connectivity index (χ1n) is 5.89. The minimum absolute atomic E-state index is 0.178. The van der Waals surface area contributed by atoms with E-state index in [-0.39, 0.29) is 17.9 Å². The maximum atomic E-state index is 12.2. The second-order valence-electron chi connectivity index (χ2n) is 4.59. The van der Waals surface area contributed by atoms with E-state index in [1.165, 1.54) is 4.90 Å². The summed E-state index contributed by atoms with van der Waals surface area (Å²) in [5.41, 5.74) is 1.59. The third kappa shape index (κ3) is 1.44. The van der Waals surface area contributed by atoms with Crippen LogP contribution >= 0.6 is 0 Å². The Hall–Kier alpha value is -2.17. The van der Waals surface area contributed by atoms with Gasteiger partial charge >= 0.3 is 0 Å². The predicted octanol–water partition coefficient (Wildman–Crippen LogP) is 1.67. The number of hydrogen-bond donors (Lipinski definition) is 1. The van der Waals surface area contributed by atoms with Crippen LogP contribution in [-0.4, -0.2) is 33.7 Å². The molecule has 1 saturated carbocycles. The molecule has 2 amide bonds. The number of rotatable bonds is 1. The fraction of sp³-hybridized carbons (Fsp3) is 0.308. The van der Waals surface area contributed by atoms with Crippen LogP contribution < -0.4 is 0 Å². The van der Waals surface area contributed by atoms with Gasteiger partial charge in [0.1, 0.15) is 0 Å². The molecule has 0 unspecified atom stereocenters. The van der Waals surface area contributed by atoms with Gasteiger partial charge in [-0.15, -0.1) is 0 Å². The van der Waals surface area contributed by atoms with E-state index in [2.05, 4.69) is 5.16 Å². The molecule has 3 rings (SSSR count). The second-order valence-corrected chi connectivity index (χ2v) is 4.59. The van der Waals surface area contributed by atoms with E-state index < -0.39 is 0 Å². The summed E-state index contributed by atoms with van der Waals surface area (Å²) >= 11 is 0. The maximum Gasteiger partial charge on any atom is 0.261 e. The van der Waals surface area contributed by atoms with E-state index in [0.29, 0.717) is 36.1 Å². The van der Waals surface area contributed by atoms with E-state index >= 15 is 0 Å². The van der Waals surface area contributed by atoms with Crippen molar-refractivity contribution >= 4 is 17.5 Å². The standard InChI is InChI=1S/C13H12N2O3/c16-12-10-3-1-2-4-11(10)13(17)15(12)9-6-5-8(7-9)14-18/h1-4,9,18H,5-7H2/b14-8+/t9-/m0/s1. The van der Waals surface area contributed by atoms with Crippen molar-refractivity contribution < 1.29 is 14.8 Å². The summed E-state index contributed by atoms with van der Waals surface area (Å²) in [7, 11) is 0. The summed E-state index contributed by atoms with van der Waals surface area (Å²) in [6.45, 7) is 0. The van der Waals surface area contributed by atoms with Crippen LogP contribution in [0.5, 0.6) is 0 Å². The largest absolute Gasteiger partial charge is 0.411 e. The van der Waals surface area contributed by atoms with Gasteiger partial charge in [-0.25, -0.2) is 0 Å². The van der Waals surface area contributed by atoms with Gasteiger partial charge in [0.15, 0.2) is 0 Å². The third-order valence-corrected chi connectivity index (χ3v) is 3.57. The molecule has 1 aliphatic heterocycles. The highest BCUT2D eigenvalue weighted by Crippen LogP contribution is 2.30. The Kier molecular flexibility index (Phi) is 2.40. The molecular weight excluding hydrogens is 232 g/mol. The zero-order chi connectivity index (χ0) is 12.7. The zero-order valence-corrected chi connectivity index (χ0v) is 9.67. The van der Waals surface area contributed by atoms with Crippen molar-refractivity contribution in [3.05, 3.63) is 35.4 Å². The molecular formula is C13H12N2O3. The van der Waals surface area contributed by atoms with Crippen LogP contribution in [0.2, 0.25) is 0 Å². The summed E-state index contributed by atoms with van der Waals surface area (Å²) in [5.74, 6) is -0.473. The van der Waals surface area contributed by atoms with E-state index in [4.69, 9.17) is 5.21 Å². The number of hydrogen-bond acceptors (Lipinski definition) is 4. The second kappa shape index (κ2) is 3.94. The van der Waals surface area contributed by atoms with E-state index in [1.807, 2.05) is 0 Å². The Morgan fingerprint density at radius 1 is 1.17 bits per heavy atom. The van der Waals surface area contributed by atoms with Gasteiger partial charge in [-0.2, -0.15) is 0 Å². The van der Waals surface area contributed by atoms with Crippen molar-refractivity contribution in [2.75, 3.05) is 0 Å². The molecule has 1 aromatic rings. The van der Waals surface area contributed by atoms with Gasteiger partial charge in [-0.05, 0) is 25.0 Å². The highest BCUT2D eigenvalue weighted by atomic mass is 16.4. The third-order valence-electron chi connectivity index (χ3n) is 3.57. The number of carbonyl (C=O) groups is 2. The Labute approximate surface area is 104 Å². The molecule has 0 saturated heterocycles. The highest BCUT2D eigenvalue weighted by Gasteiger charge is 2.41. The summed E-state index contributed by atoms with van der Waals surface area (Å²) in [6.07, 6.45) is 1.78. The van der Waals surface area contributed by atoms with Gasteiger partial charge in [0.2, 0.25) is 0 Å². The van der Waals surface area contributed by atoms with Crippen LogP contribution in [-0.2, 0) is 0 Å². The lowest BCUT2D eigenvalue weighted by atomic mass is 10.1.